The first-order valence-electron chi connectivity index (χ1n) is 10.1. The molecular weight excluding hydrogens is 408 g/mol. The molecule has 0 spiro atoms. The molecule has 0 radical (unpaired) electrons. The van der Waals surface area contributed by atoms with E-state index in [0.717, 1.165) is 43.2 Å². The van der Waals surface area contributed by atoms with Crippen LogP contribution >= 0.6 is 0 Å². The van der Waals surface area contributed by atoms with Gasteiger partial charge in [0.2, 0.25) is 0 Å². The third-order valence-electron chi connectivity index (χ3n) is 5.53. The first-order chi connectivity index (χ1) is 14.4. The van der Waals surface area contributed by atoms with Gasteiger partial charge in [0.25, 0.3) is 0 Å². The van der Waals surface area contributed by atoms with Gasteiger partial charge in [-0.25, -0.2) is 8.98 Å². The number of fused-ring (bicyclic) bond motifs is 3. The highest BCUT2D eigenvalue weighted by Crippen LogP contribution is 2.50. The van der Waals surface area contributed by atoms with E-state index in [1.807, 2.05) is 13.0 Å². The van der Waals surface area contributed by atoms with Crippen molar-refractivity contribution in [2.75, 3.05) is 0 Å². The van der Waals surface area contributed by atoms with Crippen LogP contribution in [0.3, 0.4) is 0 Å². The highest BCUT2D eigenvalue weighted by molar-refractivity contribution is 7.86. The van der Waals surface area contributed by atoms with Crippen LogP contribution in [0.4, 0.5) is 0 Å². The van der Waals surface area contributed by atoms with Crippen molar-refractivity contribution in [2.24, 2.45) is 0 Å². The molecule has 0 bridgehead atoms. The van der Waals surface area contributed by atoms with Gasteiger partial charge in [-0.2, -0.15) is 8.42 Å². The van der Waals surface area contributed by atoms with E-state index in [1.54, 1.807) is 24.3 Å². The van der Waals surface area contributed by atoms with Crippen LogP contribution in [0.5, 0.6) is 11.5 Å². The maximum Gasteiger partial charge on any atom is 0.375 e. The normalized spacial score (nSPS) is 20.8. The zero-order valence-electron chi connectivity index (χ0n) is 16.6. The molecule has 0 aromatic heterocycles. The Morgan fingerprint density at radius 1 is 1.20 bits per heavy atom. The van der Waals surface area contributed by atoms with E-state index >= 15 is 0 Å². The Kier molecular flexibility index (Phi) is 5.71. The number of aliphatic carboxylic acids is 1. The number of benzene rings is 2. The lowest BCUT2D eigenvalue weighted by molar-refractivity contribution is -0.158. The zero-order chi connectivity index (χ0) is 21.3. The minimum Gasteiger partial charge on any atom is -0.486 e. The molecule has 1 fully saturated rings. The van der Waals surface area contributed by atoms with Crippen LogP contribution in [0, 0.1) is 0 Å². The molecule has 7 nitrogen and oxygen atoms in total. The Balaban J connectivity index is 1.54. The molecule has 1 heterocycles. The Labute approximate surface area is 175 Å². The van der Waals surface area contributed by atoms with Gasteiger partial charge in [0.15, 0.2) is 11.5 Å². The lowest BCUT2D eigenvalue weighted by atomic mass is 9.97. The molecule has 4 rings (SSSR count). The van der Waals surface area contributed by atoms with Crippen LogP contribution in [0.15, 0.2) is 47.4 Å². The largest absolute Gasteiger partial charge is 0.486 e. The van der Waals surface area contributed by atoms with Crippen molar-refractivity contribution in [3.8, 4) is 11.5 Å². The number of rotatable bonds is 8. The predicted molar refractivity (Wildman–Crippen MR) is 108 cm³/mol. The molecule has 0 saturated heterocycles. The van der Waals surface area contributed by atoms with E-state index in [4.69, 9.17) is 13.7 Å². The van der Waals surface area contributed by atoms with E-state index in [2.05, 4.69) is 0 Å². The molecule has 2 aliphatic rings. The molecule has 2 aromatic carbocycles. The molecule has 2 aromatic rings. The molecular formula is C22H24O7S. The summed E-state index contributed by atoms with van der Waals surface area (Å²) < 4.78 is 41.6. The van der Waals surface area contributed by atoms with Crippen LogP contribution in [-0.2, 0) is 25.5 Å². The summed E-state index contributed by atoms with van der Waals surface area (Å²) in [4.78, 5) is 11.6. The second-order valence-corrected chi connectivity index (χ2v) is 9.17. The van der Waals surface area contributed by atoms with Gasteiger partial charge in [0.05, 0.1) is 4.90 Å². The molecule has 1 aliphatic heterocycles. The van der Waals surface area contributed by atoms with Gasteiger partial charge in [0, 0.05) is 11.5 Å². The maximum atomic E-state index is 12.6. The number of hydrogen-bond acceptors (Lipinski definition) is 6. The van der Waals surface area contributed by atoms with E-state index < -0.39 is 22.4 Å². The smallest absolute Gasteiger partial charge is 0.375 e. The fraction of sp³-hybridized carbons (Fsp3) is 0.409. The third-order valence-corrected chi connectivity index (χ3v) is 6.81. The second-order valence-electron chi connectivity index (χ2n) is 7.60. The van der Waals surface area contributed by atoms with Crippen LogP contribution < -0.4 is 9.47 Å². The second kappa shape index (κ2) is 8.28. The number of para-hydroxylation sites is 1. The molecule has 1 aliphatic carbocycles. The van der Waals surface area contributed by atoms with Crippen LogP contribution in [0.2, 0.25) is 0 Å². The summed E-state index contributed by atoms with van der Waals surface area (Å²) in [5.41, 5.74) is 1.96. The summed E-state index contributed by atoms with van der Waals surface area (Å²) >= 11 is 0. The minimum absolute atomic E-state index is 0.0549. The summed E-state index contributed by atoms with van der Waals surface area (Å²) in [6.45, 7) is 2.03. The van der Waals surface area contributed by atoms with Crippen LogP contribution in [0.25, 0.3) is 0 Å². The van der Waals surface area contributed by atoms with Crippen molar-refractivity contribution in [3.63, 3.8) is 0 Å². The standard InChI is InChI=1S/C22H24O7S/c1-2-5-14-10-12-15(13-11-14)30(25,26)29-22(21(23)24)28-19-9-4-7-17-16-6-3-8-18(16)27-20(17)19/h4,7,9-13,16,18,22H,2-3,5-6,8H2,1H3,(H,23,24). The summed E-state index contributed by atoms with van der Waals surface area (Å²) in [7, 11) is -4.33. The van der Waals surface area contributed by atoms with Crippen molar-refractivity contribution >= 4 is 16.1 Å². The number of hydrogen-bond donors (Lipinski definition) is 1. The fourth-order valence-electron chi connectivity index (χ4n) is 4.13. The first kappa shape index (κ1) is 20.7. The van der Waals surface area contributed by atoms with Gasteiger partial charge >= 0.3 is 22.4 Å². The Bertz CT molecular complexity index is 1030. The topological polar surface area (TPSA) is 99.1 Å². The highest BCUT2D eigenvalue weighted by atomic mass is 32.2. The van der Waals surface area contributed by atoms with E-state index in [0.29, 0.717) is 5.75 Å². The molecule has 1 N–H and O–H groups in total. The van der Waals surface area contributed by atoms with E-state index in [-0.39, 0.29) is 22.7 Å². The lowest BCUT2D eigenvalue weighted by Gasteiger charge is -2.18. The Morgan fingerprint density at radius 3 is 2.67 bits per heavy atom. The predicted octanol–water partition coefficient (Wildman–Crippen LogP) is 3.86. The van der Waals surface area contributed by atoms with E-state index in [9.17, 15) is 18.3 Å². The van der Waals surface area contributed by atoms with Crippen molar-refractivity contribution < 1.29 is 32.0 Å². The van der Waals surface area contributed by atoms with Gasteiger partial charge in [-0.15, -0.1) is 0 Å². The number of carbonyl (C=O) groups is 1. The summed E-state index contributed by atoms with van der Waals surface area (Å²) in [5.74, 6) is -0.638. The number of ether oxygens (including phenoxy) is 2. The monoisotopic (exact) mass is 432 g/mol. The molecule has 8 heteroatoms. The molecule has 0 amide bonds. The molecule has 160 valence electrons. The SMILES string of the molecule is CCCc1ccc(S(=O)(=O)OC(Oc2cccc3c2OC2CCCC32)C(=O)O)cc1. The van der Waals surface area contributed by atoms with Crippen molar-refractivity contribution in [2.45, 2.75) is 62.2 Å². The van der Waals surface area contributed by atoms with Gasteiger partial charge in [0.1, 0.15) is 6.10 Å². The van der Waals surface area contributed by atoms with Crippen molar-refractivity contribution in [3.05, 3.63) is 53.6 Å². The molecule has 1 saturated carbocycles. The average Bonchev–Trinajstić information content (AvgIpc) is 3.30. The average molecular weight is 432 g/mol. The molecule has 3 unspecified atom stereocenters. The zero-order valence-corrected chi connectivity index (χ0v) is 17.4. The van der Waals surface area contributed by atoms with E-state index in [1.165, 1.54) is 12.1 Å². The Hall–Kier alpha value is -2.58. The van der Waals surface area contributed by atoms with Gasteiger partial charge in [-0.1, -0.05) is 37.6 Å². The minimum atomic E-state index is -4.33. The maximum absolute atomic E-state index is 12.6. The van der Waals surface area contributed by atoms with Crippen molar-refractivity contribution in [1.82, 2.24) is 0 Å². The molecule has 3 atom stereocenters. The first-order valence-corrected chi connectivity index (χ1v) is 11.5. The summed E-state index contributed by atoms with van der Waals surface area (Å²) in [6, 6.07) is 11.4. The van der Waals surface area contributed by atoms with Gasteiger partial charge in [-0.3, -0.25) is 0 Å². The number of carboxylic acid groups (broad SMARTS) is 1. The van der Waals surface area contributed by atoms with Crippen LogP contribution in [0.1, 0.15) is 49.7 Å². The Morgan fingerprint density at radius 2 is 1.97 bits per heavy atom. The quantitative estimate of drug-likeness (QED) is 0.499. The van der Waals surface area contributed by atoms with Crippen LogP contribution in [-0.4, -0.2) is 31.9 Å². The fourth-order valence-corrected chi connectivity index (χ4v) is 5.06. The molecule has 30 heavy (non-hydrogen) atoms. The van der Waals surface area contributed by atoms with Crippen molar-refractivity contribution in [1.29, 1.82) is 0 Å². The van der Waals surface area contributed by atoms with Gasteiger partial charge < -0.3 is 14.6 Å². The summed E-state index contributed by atoms with van der Waals surface area (Å²) in [5, 5.41) is 9.51. The van der Waals surface area contributed by atoms with Gasteiger partial charge in [-0.05, 0) is 49.4 Å². The lowest BCUT2D eigenvalue weighted by Crippen LogP contribution is -2.32. The highest BCUT2D eigenvalue weighted by Gasteiger charge is 2.40. The number of carboxylic acids is 1. The summed E-state index contributed by atoms with van der Waals surface area (Å²) in [6.07, 6.45) is 2.80. The number of aryl methyl sites for hydroxylation is 1. The third kappa shape index (κ3) is 4.02.